The summed E-state index contributed by atoms with van der Waals surface area (Å²) in [5.74, 6) is 1.16. The van der Waals surface area contributed by atoms with Crippen molar-refractivity contribution >= 4 is 32.2 Å². The van der Waals surface area contributed by atoms with Crippen molar-refractivity contribution in [2.24, 2.45) is 5.10 Å². The smallest absolute Gasteiger partial charge is 0.276 e. The Balaban J connectivity index is 1.82. The molecule has 0 radical (unpaired) electrons. The Hall–Kier alpha value is -2.85. The van der Waals surface area contributed by atoms with Crippen molar-refractivity contribution in [1.82, 2.24) is 15.0 Å². The van der Waals surface area contributed by atoms with Gasteiger partial charge in [0.05, 0.1) is 37.2 Å². The first kappa shape index (κ1) is 19.9. The standard InChI is InChI=1S/C18H17BrN4O4S/c1-26-16-8-3-12(9-17(16)27-2)18-13(10-20-22-18)11-21-23-28(24,25)15-6-4-14(19)5-7-15/h3-11,23H,1-2H3,(H,20,22)/b21-11+. The van der Waals surface area contributed by atoms with Gasteiger partial charge in [0.15, 0.2) is 11.5 Å². The number of methoxy groups -OCH3 is 2. The van der Waals surface area contributed by atoms with Gasteiger partial charge in [0.25, 0.3) is 10.0 Å². The molecule has 0 fully saturated rings. The van der Waals surface area contributed by atoms with E-state index in [0.717, 1.165) is 10.0 Å². The first-order valence-corrected chi connectivity index (χ1v) is 10.3. The molecule has 3 aromatic rings. The van der Waals surface area contributed by atoms with Crippen LogP contribution < -0.4 is 14.3 Å². The highest BCUT2D eigenvalue weighted by Crippen LogP contribution is 2.32. The van der Waals surface area contributed by atoms with Crippen LogP contribution in [0.2, 0.25) is 0 Å². The summed E-state index contributed by atoms with van der Waals surface area (Å²) in [6.45, 7) is 0. The van der Waals surface area contributed by atoms with Crippen molar-refractivity contribution < 1.29 is 17.9 Å². The quantitative estimate of drug-likeness (QED) is 0.412. The average Bonchev–Trinajstić information content (AvgIpc) is 3.16. The van der Waals surface area contributed by atoms with Crippen LogP contribution in [0.4, 0.5) is 0 Å². The van der Waals surface area contributed by atoms with Crippen LogP contribution in [0.25, 0.3) is 11.3 Å². The zero-order chi connectivity index (χ0) is 20.1. The topological polar surface area (TPSA) is 106 Å². The van der Waals surface area contributed by atoms with Gasteiger partial charge in [-0.2, -0.15) is 18.6 Å². The van der Waals surface area contributed by atoms with Crippen LogP contribution in [-0.2, 0) is 10.0 Å². The van der Waals surface area contributed by atoms with E-state index < -0.39 is 10.0 Å². The van der Waals surface area contributed by atoms with Gasteiger partial charge in [-0.05, 0) is 42.5 Å². The van der Waals surface area contributed by atoms with Crippen molar-refractivity contribution in [3.63, 3.8) is 0 Å². The molecule has 8 nitrogen and oxygen atoms in total. The Morgan fingerprint density at radius 2 is 1.82 bits per heavy atom. The second kappa shape index (κ2) is 8.44. The second-order valence-corrected chi connectivity index (χ2v) is 8.15. The van der Waals surface area contributed by atoms with Gasteiger partial charge < -0.3 is 9.47 Å². The van der Waals surface area contributed by atoms with Crippen LogP contribution >= 0.6 is 15.9 Å². The van der Waals surface area contributed by atoms with Crippen molar-refractivity contribution in [3.05, 3.63) is 58.7 Å². The zero-order valence-electron chi connectivity index (χ0n) is 15.0. The number of nitrogens with one attached hydrogen (secondary N) is 2. The largest absolute Gasteiger partial charge is 0.493 e. The van der Waals surface area contributed by atoms with Crippen LogP contribution in [0.5, 0.6) is 11.5 Å². The Morgan fingerprint density at radius 1 is 1.11 bits per heavy atom. The minimum atomic E-state index is -3.76. The van der Waals surface area contributed by atoms with Gasteiger partial charge in [-0.3, -0.25) is 5.10 Å². The summed E-state index contributed by atoms with van der Waals surface area (Å²) >= 11 is 3.27. The van der Waals surface area contributed by atoms with E-state index in [0.29, 0.717) is 22.8 Å². The molecule has 2 N–H and O–H groups in total. The molecule has 0 aliphatic rings. The molecule has 0 amide bonds. The summed E-state index contributed by atoms with van der Waals surface area (Å²) in [5, 5.41) is 10.7. The molecule has 1 aromatic heterocycles. The molecule has 2 aromatic carbocycles. The van der Waals surface area contributed by atoms with Gasteiger partial charge in [-0.1, -0.05) is 15.9 Å². The van der Waals surface area contributed by atoms with Gasteiger partial charge in [0.2, 0.25) is 0 Å². The molecule has 3 rings (SSSR count). The van der Waals surface area contributed by atoms with Gasteiger partial charge >= 0.3 is 0 Å². The number of rotatable bonds is 7. The molecule has 0 aliphatic carbocycles. The molecule has 0 unspecified atom stereocenters. The van der Waals surface area contributed by atoms with Gasteiger partial charge in [0.1, 0.15) is 0 Å². The zero-order valence-corrected chi connectivity index (χ0v) is 17.4. The lowest BCUT2D eigenvalue weighted by Crippen LogP contribution is -2.18. The molecular formula is C18H17BrN4O4S. The number of H-pyrrole nitrogens is 1. The minimum absolute atomic E-state index is 0.111. The first-order chi connectivity index (χ1) is 13.4. The third kappa shape index (κ3) is 4.34. The normalized spacial score (nSPS) is 11.5. The SMILES string of the molecule is COc1ccc(-c2[nH]ncc2/C=N/NS(=O)(=O)c2ccc(Br)cc2)cc1OC. The summed E-state index contributed by atoms with van der Waals surface area (Å²) in [6, 6.07) is 11.6. The lowest BCUT2D eigenvalue weighted by atomic mass is 10.1. The number of hydrazone groups is 1. The molecule has 28 heavy (non-hydrogen) atoms. The Morgan fingerprint density at radius 3 is 2.50 bits per heavy atom. The summed E-state index contributed by atoms with van der Waals surface area (Å²) in [5.41, 5.74) is 2.05. The molecule has 0 saturated heterocycles. The summed E-state index contributed by atoms with van der Waals surface area (Å²) < 4.78 is 35.9. The van der Waals surface area contributed by atoms with Crippen LogP contribution in [0.1, 0.15) is 5.56 Å². The molecule has 0 saturated carbocycles. The van der Waals surface area contributed by atoms with E-state index in [9.17, 15) is 8.42 Å². The molecule has 0 atom stereocenters. The fourth-order valence-electron chi connectivity index (χ4n) is 2.45. The number of sulfonamides is 1. The molecule has 1 heterocycles. The Bertz CT molecular complexity index is 1100. The maximum atomic E-state index is 12.3. The lowest BCUT2D eigenvalue weighted by Gasteiger charge is -2.09. The van der Waals surface area contributed by atoms with Crippen molar-refractivity contribution in [2.75, 3.05) is 14.2 Å². The number of ether oxygens (including phenoxy) is 2. The lowest BCUT2D eigenvalue weighted by molar-refractivity contribution is 0.355. The number of benzene rings is 2. The Labute approximate surface area is 170 Å². The fourth-order valence-corrected chi connectivity index (χ4v) is 3.50. The van der Waals surface area contributed by atoms with E-state index in [1.165, 1.54) is 18.3 Å². The Kier molecular flexibility index (Phi) is 6.00. The van der Waals surface area contributed by atoms with Gasteiger partial charge in [-0.15, -0.1) is 0 Å². The molecule has 10 heteroatoms. The number of aromatic amines is 1. The highest BCUT2D eigenvalue weighted by molar-refractivity contribution is 9.10. The van der Waals surface area contributed by atoms with Crippen LogP contribution in [0, 0.1) is 0 Å². The molecule has 0 aliphatic heterocycles. The predicted molar refractivity (Wildman–Crippen MR) is 109 cm³/mol. The number of aromatic nitrogens is 2. The number of halogens is 1. The van der Waals surface area contributed by atoms with Crippen LogP contribution in [0.3, 0.4) is 0 Å². The van der Waals surface area contributed by atoms with Crippen molar-refractivity contribution in [1.29, 1.82) is 0 Å². The van der Waals surface area contributed by atoms with E-state index in [4.69, 9.17) is 9.47 Å². The van der Waals surface area contributed by atoms with E-state index in [1.807, 2.05) is 6.07 Å². The predicted octanol–water partition coefficient (Wildman–Crippen LogP) is 3.17. The third-order valence-electron chi connectivity index (χ3n) is 3.84. The first-order valence-electron chi connectivity index (χ1n) is 8.01. The third-order valence-corrected chi connectivity index (χ3v) is 5.61. The molecule has 146 valence electrons. The van der Waals surface area contributed by atoms with E-state index in [2.05, 4.69) is 36.1 Å². The second-order valence-electron chi connectivity index (χ2n) is 5.58. The van der Waals surface area contributed by atoms with Crippen LogP contribution in [0.15, 0.2) is 63.1 Å². The molecular weight excluding hydrogens is 448 g/mol. The van der Waals surface area contributed by atoms with Gasteiger partial charge in [0, 0.05) is 15.6 Å². The van der Waals surface area contributed by atoms with E-state index in [1.54, 1.807) is 44.7 Å². The molecule has 0 bridgehead atoms. The highest BCUT2D eigenvalue weighted by atomic mass is 79.9. The summed E-state index contributed by atoms with van der Waals surface area (Å²) in [4.78, 5) is 2.30. The summed E-state index contributed by atoms with van der Waals surface area (Å²) in [6.07, 6.45) is 2.93. The number of hydrogen-bond donors (Lipinski definition) is 2. The average molecular weight is 465 g/mol. The van der Waals surface area contributed by atoms with Crippen molar-refractivity contribution in [3.8, 4) is 22.8 Å². The molecule has 0 spiro atoms. The number of nitrogens with zero attached hydrogens (tertiary/aromatic N) is 2. The fraction of sp³-hybridized carbons (Fsp3) is 0.111. The monoisotopic (exact) mass is 464 g/mol. The van der Waals surface area contributed by atoms with Crippen LogP contribution in [-0.4, -0.2) is 39.0 Å². The van der Waals surface area contributed by atoms with Crippen molar-refractivity contribution in [2.45, 2.75) is 4.90 Å². The highest BCUT2D eigenvalue weighted by Gasteiger charge is 2.13. The number of hydrogen-bond acceptors (Lipinski definition) is 6. The van der Waals surface area contributed by atoms with E-state index in [-0.39, 0.29) is 4.90 Å². The minimum Gasteiger partial charge on any atom is -0.493 e. The van der Waals surface area contributed by atoms with Gasteiger partial charge in [-0.25, -0.2) is 4.83 Å². The van der Waals surface area contributed by atoms with E-state index >= 15 is 0 Å². The summed E-state index contributed by atoms with van der Waals surface area (Å²) in [7, 11) is -0.655. The maximum Gasteiger partial charge on any atom is 0.276 e. The maximum absolute atomic E-state index is 12.3.